The van der Waals surface area contributed by atoms with Crippen LogP contribution in [0.4, 0.5) is 0 Å². The van der Waals surface area contributed by atoms with Crippen molar-refractivity contribution in [3.63, 3.8) is 0 Å². The van der Waals surface area contributed by atoms with Crippen LogP contribution in [-0.4, -0.2) is 18.0 Å². The first-order chi connectivity index (χ1) is 4.84. The van der Waals surface area contributed by atoms with E-state index in [1.54, 1.807) is 11.5 Å². The van der Waals surface area contributed by atoms with Crippen molar-refractivity contribution in [1.29, 1.82) is 0 Å². The molecule has 10 heavy (non-hydrogen) atoms. The van der Waals surface area contributed by atoms with Crippen molar-refractivity contribution in [3.05, 3.63) is 15.5 Å². The van der Waals surface area contributed by atoms with Gasteiger partial charge in [0.1, 0.15) is 0 Å². The van der Waals surface area contributed by atoms with Gasteiger partial charge in [-0.2, -0.15) is 4.37 Å². The van der Waals surface area contributed by atoms with Gasteiger partial charge in [0, 0.05) is 4.88 Å². The maximum Gasteiger partial charge on any atom is 0.0552 e. The highest BCUT2D eigenvalue weighted by molar-refractivity contribution is 9.10. The maximum atomic E-state index is 4.04. The lowest BCUT2D eigenvalue weighted by atomic mass is 10.3. The molecule has 0 aliphatic rings. The minimum atomic E-state index is 1.01. The number of hydrogen-bond acceptors (Lipinski definition) is 3. The molecule has 1 aromatic heterocycles. The first-order valence-electron chi connectivity index (χ1n) is 3.08. The molecule has 1 heterocycles. The van der Waals surface area contributed by atoms with Gasteiger partial charge in [-0.25, -0.2) is 0 Å². The number of likely N-dealkylation sites (N-methyl/N-ethyl adjacent to an activating group) is 1. The van der Waals surface area contributed by atoms with Crippen LogP contribution in [0.25, 0.3) is 0 Å². The summed E-state index contributed by atoms with van der Waals surface area (Å²) in [7, 11) is 1.95. The fourth-order valence-corrected chi connectivity index (χ4v) is 1.93. The molecule has 1 N–H and O–H groups in total. The maximum absolute atomic E-state index is 4.04. The van der Waals surface area contributed by atoms with Crippen LogP contribution in [0, 0.1) is 0 Å². The molecule has 0 aromatic carbocycles. The average molecular weight is 221 g/mol. The molecule has 4 heteroatoms. The average Bonchev–Trinajstić information content (AvgIpc) is 2.31. The molecule has 0 unspecified atom stereocenters. The monoisotopic (exact) mass is 220 g/mol. The SMILES string of the molecule is CNCCc1sncc1Br. The van der Waals surface area contributed by atoms with Crippen molar-refractivity contribution in [2.45, 2.75) is 6.42 Å². The van der Waals surface area contributed by atoms with E-state index in [1.165, 1.54) is 4.88 Å². The van der Waals surface area contributed by atoms with E-state index in [0.717, 1.165) is 17.4 Å². The van der Waals surface area contributed by atoms with E-state index in [0.29, 0.717) is 0 Å². The van der Waals surface area contributed by atoms with Crippen LogP contribution in [0.5, 0.6) is 0 Å². The Morgan fingerprint density at radius 3 is 3.10 bits per heavy atom. The Labute approximate surface area is 72.9 Å². The summed E-state index contributed by atoms with van der Waals surface area (Å²) in [5.74, 6) is 0. The van der Waals surface area contributed by atoms with E-state index >= 15 is 0 Å². The van der Waals surface area contributed by atoms with Crippen molar-refractivity contribution in [2.24, 2.45) is 0 Å². The molecule has 0 amide bonds. The van der Waals surface area contributed by atoms with Crippen LogP contribution >= 0.6 is 27.5 Å². The summed E-state index contributed by atoms with van der Waals surface area (Å²) < 4.78 is 5.17. The van der Waals surface area contributed by atoms with Crippen LogP contribution in [-0.2, 0) is 6.42 Å². The van der Waals surface area contributed by atoms with E-state index in [2.05, 4.69) is 25.6 Å². The normalized spacial score (nSPS) is 10.2. The number of aromatic nitrogens is 1. The molecular formula is C6H9BrN2S. The highest BCUT2D eigenvalue weighted by atomic mass is 79.9. The lowest BCUT2D eigenvalue weighted by Crippen LogP contribution is -2.09. The minimum absolute atomic E-state index is 1.01. The van der Waals surface area contributed by atoms with E-state index < -0.39 is 0 Å². The zero-order valence-corrected chi connectivity index (χ0v) is 8.13. The van der Waals surface area contributed by atoms with Gasteiger partial charge in [-0.3, -0.25) is 0 Å². The lowest BCUT2D eigenvalue weighted by molar-refractivity contribution is 0.798. The highest BCUT2D eigenvalue weighted by Crippen LogP contribution is 2.19. The minimum Gasteiger partial charge on any atom is -0.319 e. The van der Waals surface area contributed by atoms with Crippen molar-refractivity contribution in [3.8, 4) is 0 Å². The van der Waals surface area contributed by atoms with Gasteiger partial charge in [-0.05, 0) is 47.5 Å². The third-order valence-electron chi connectivity index (χ3n) is 1.20. The summed E-state index contributed by atoms with van der Waals surface area (Å²) in [5.41, 5.74) is 0. The van der Waals surface area contributed by atoms with Gasteiger partial charge in [0.05, 0.1) is 10.7 Å². The zero-order valence-electron chi connectivity index (χ0n) is 5.72. The van der Waals surface area contributed by atoms with Gasteiger partial charge in [-0.1, -0.05) is 0 Å². The van der Waals surface area contributed by atoms with Crippen LogP contribution in [0.2, 0.25) is 0 Å². The number of nitrogens with zero attached hydrogens (tertiary/aromatic N) is 1. The molecule has 0 radical (unpaired) electrons. The predicted molar refractivity (Wildman–Crippen MR) is 47.4 cm³/mol. The lowest BCUT2D eigenvalue weighted by Gasteiger charge is -1.94. The predicted octanol–water partition coefficient (Wildman–Crippen LogP) is 1.67. The Morgan fingerprint density at radius 2 is 2.60 bits per heavy atom. The smallest absolute Gasteiger partial charge is 0.0552 e. The molecule has 0 fully saturated rings. The Kier molecular flexibility index (Phi) is 3.31. The molecule has 0 saturated heterocycles. The highest BCUT2D eigenvalue weighted by Gasteiger charge is 1.99. The Morgan fingerprint density at radius 1 is 1.80 bits per heavy atom. The second-order valence-corrected chi connectivity index (χ2v) is 3.69. The zero-order chi connectivity index (χ0) is 7.40. The molecule has 56 valence electrons. The third-order valence-corrected chi connectivity index (χ3v) is 3.00. The van der Waals surface area contributed by atoms with Crippen LogP contribution < -0.4 is 5.32 Å². The van der Waals surface area contributed by atoms with E-state index in [9.17, 15) is 0 Å². The van der Waals surface area contributed by atoms with Gasteiger partial charge in [0.15, 0.2) is 0 Å². The molecule has 1 aromatic rings. The summed E-state index contributed by atoms with van der Waals surface area (Å²) in [6.45, 7) is 1.01. The summed E-state index contributed by atoms with van der Waals surface area (Å²) in [5, 5.41) is 3.09. The van der Waals surface area contributed by atoms with Gasteiger partial charge < -0.3 is 5.32 Å². The van der Waals surface area contributed by atoms with Gasteiger partial charge in [-0.15, -0.1) is 0 Å². The van der Waals surface area contributed by atoms with Gasteiger partial charge >= 0.3 is 0 Å². The van der Waals surface area contributed by atoms with Gasteiger partial charge in [0.25, 0.3) is 0 Å². The molecular weight excluding hydrogens is 212 g/mol. The second-order valence-electron chi connectivity index (χ2n) is 1.95. The van der Waals surface area contributed by atoms with Crippen molar-refractivity contribution < 1.29 is 0 Å². The molecule has 0 aliphatic carbocycles. The Bertz CT molecular complexity index is 199. The number of rotatable bonds is 3. The molecule has 0 atom stereocenters. The van der Waals surface area contributed by atoms with Crippen molar-refractivity contribution in [1.82, 2.24) is 9.69 Å². The number of nitrogens with one attached hydrogen (secondary N) is 1. The summed E-state index contributed by atoms with van der Waals surface area (Å²) in [6, 6.07) is 0. The summed E-state index contributed by atoms with van der Waals surface area (Å²) in [4.78, 5) is 1.31. The quantitative estimate of drug-likeness (QED) is 0.839. The fraction of sp³-hybridized carbons (Fsp3) is 0.500. The van der Waals surface area contributed by atoms with Gasteiger partial charge in [0.2, 0.25) is 0 Å². The molecule has 1 rings (SSSR count). The van der Waals surface area contributed by atoms with E-state index in [4.69, 9.17) is 0 Å². The van der Waals surface area contributed by atoms with Crippen molar-refractivity contribution in [2.75, 3.05) is 13.6 Å². The Hall–Kier alpha value is 0.0700. The van der Waals surface area contributed by atoms with Crippen LogP contribution in [0.3, 0.4) is 0 Å². The van der Waals surface area contributed by atoms with Crippen LogP contribution in [0.1, 0.15) is 4.88 Å². The molecule has 2 nitrogen and oxygen atoms in total. The largest absolute Gasteiger partial charge is 0.319 e. The molecule has 0 spiro atoms. The summed E-state index contributed by atoms with van der Waals surface area (Å²) >= 11 is 4.97. The van der Waals surface area contributed by atoms with Crippen molar-refractivity contribution >= 4 is 27.5 Å². The second kappa shape index (κ2) is 4.05. The van der Waals surface area contributed by atoms with Crippen LogP contribution in [0.15, 0.2) is 10.7 Å². The number of hydrogen-bond donors (Lipinski definition) is 1. The molecule has 0 bridgehead atoms. The topological polar surface area (TPSA) is 24.9 Å². The summed E-state index contributed by atoms with van der Waals surface area (Å²) in [6.07, 6.45) is 2.90. The molecule has 0 saturated carbocycles. The van der Waals surface area contributed by atoms with E-state index in [1.807, 2.05) is 13.2 Å². The Balaban J connectivity index is 2.49. The first kappa shape index (κ1) is 8.17. The third kappa shape index (κ3) is 2.04. The molecule has 0 aliphatic heterocycles. The fourth-order valence-electron chi connectivity index (χ4n) is 0.655. The standard InChI is InChI=1S/C6H9BrN2S/c1-8-3-2-6-5(7)4-9-10-6/h4,8H,2-3H2,1H3. The van der Waals surface area contributed by atoms with E-state index in [-0.39, 0.29) is 0 Å². The number of halogens is 1. The first-order valence-corrected chi connectivity index (χ1v) is 4.65.